The normalized spacial score (nSPS) is 13.0. The minimum absolute atomic E-state index is 0.0831. The largest absolute Gasteiger partial charge is 0.507 e. The highest BCUT2D eigenvalue weighted by Crippen LogP contribution is 2.42. The van der Waals surface area contributed by atoms with Gasteiger partial charge in [-0.05, 0) is 36.1 Å². The van der Waals surface area contributed by atoms with Crippen LogP contribution in [-0.4, -0.2) is 18.0 Å². The number of rotatable bonds is 1. The Hall–Kier alpha value is -3.08. The molecule has 1 N–H and O–H groups in total. The predicted molar refractivity (Wildman–Crippen MR) is 86.3 cm³/mol. The van der Waals surface area contributed by atoms with Crippen LogP contribution in [0.2, 0.25) is 0 Å². The number of phenolic OH excluding ortho intramolecular Hbond substituents is 1. The lowest BCUT2D eigenvalue weighted by atomic mass is 9.98. The SMILES string of the molecule is COc1c2c(cc3cc(O)c4c(=O)cc(C)oc4c13)C=CC2=O. The van der Waals surface area contributed by atoms with Gasteiger partial charge in [0.15, 0.2) is 16.8 Å². The van der Waals surface area contributed by atoms with Crippen molar-refractivity contribution in [2.45, 2.75) is 6.92 Å². The van der Waals surface area contributed by atoms with Gasteiger partial charge in [0, 0.05) is 6.07 Å². The third kappa shape index (κ3) is 1.73. The second kappa shape index (κ2) is 4.46. The molecule has 0 atom stereocenters. The zero-order chi connectivity index (χ0) is 16.3. The maximum Gasteiger partial charge on any atom is 0.196 e. The number of aromatic hydroxyl groups is 1. The van der Waals surface area contributed by atoms with Crippen LogP contribution >= 0.6 is 0 Å². The number of ketones is 1. The van der Waals surface area contributed by atoms with E-state index in [1.165, 1.54) is 25.3 Å². The van der Waals surface area contributed by atoms with Gasteiger partial charge in [0.25, 0.3) is 0 Å². The summed E-state index contributed by atoms with van der Waals surface area (Å²) in [5.74, 6) is 0.458. The number of carbonyl (C=O) groups excluding carboxylic acids is 1. The molecule has 0 saturated carbocycles. The molecule has 0 saturated heterocycles. The van der Waals surface area contributed by atoms with Gasteiger partial charge in [-0.2, -0.15) is 0 Å². The number of methoxy groups -OCH3 is 1. The number of hydrogen-bond acceptors (Lipinski definition) is 5. The van der Waals surface area contributed by atoms with Crippen LogP contribution in [0.4, 0.5) is 0 Å². The van der Waals surface area contributed by atoms with E-state index in [-0.39, 0.29) is 27.9 Å². The molecule has 0 amide bonds. The molecule has 5 heteroatoms. The standard InChI is InChI=1S/C18H12O5/c1-8-5-12(20)16-13(21)7-10-6-9-3-4-11(19)14(9)17(22-2)15(10)18(16)23-8/h3-7,21H,1-2H3. The molecule has 1 heterocycles. The summed E-state index contributed by atoms with van der Waals surface area (Å²) in [6, 6.07) is 4.58. The molecule has 0 fully saturated rings. The monoisotopic (exact) mass is 308 g/mol. The Labute approximate surface area is 130 Å². The summed E-state index contributed by atoms with van der Waals surface area (Å²) in [5.41, 5.74) is 1.05. The number of phenols is 1. The minimum atomic E-state index is -0.338. The van der Waals surface area contributed by atoms with E-state index in [9.17, 15) is 14.7 Å². The molecule has 1 aliphatic carbocycles. The van der Waals surface area contributed by atoms with E-state index in [1.54, 1.807) is 19.1 Å². The van der Waals surface area contributed by atoms with E-state index in [2.05, 4.69) is 0 Å². The molecular weight excluding hydrogens is 296 g/mol. The summed E-state index contributed by atoms with van der Waals surface area (Å²) in [6.45, 7) is 1.66. The molecule has 5 nitrogen and oxygen atoms in total. The molecule has 0 radical (unpaired) electrons. The summed E-state index contributed by atoms with van der Waals surface area (Å²) >= 11 is 0. The molecule has 114 valence electrons. The van der Waals surface area contributed by atoms with Crippen molar-refractivity contribution in [2.24, 2.45) is 0 Å². The lowest BCUT2D eigenvalue weighted by Crippen LogP contribution is -2.03. The van der Waals surface area contributed by atoms with Crippen molar-refractivity contribution in [3.63, 3.8) is 0 Å². The molecule has 3 aromatic rings. The highest BCUT2D eigenvalue weighted by Gasteiger charge is 2.25. The first-order chi connectivity index (χ1) is 11.0. The van der Waals surface area contributed by atoms with Crippen molar-refractivity contribution in [3.8, 4) is 11.5 Å². The Morgan fingerprint density at radius 1 is 1.09 bits per heavy atom. The number of fused-ring (bicyclic) bond motifs is 4. The van der Waals surface area contributed by atoms with Gasteiger partial charge >= 0.3 is 0 Å². The average Bonchev–Trinajstić information content (AvgIpc) is 2.85. The molecule has 1 aromatic heterocycles. The summed E-state index contributed by atoms with van der Waals surface area (Å²) in [4.78, 5) is 24.3. The van der Waals surface area contributed by atoms with Crippen molar-refractivity contribution < 1.29 is 19.1 Å². The van der Waals surface area contributed by atoms with E-state index in [0.717, 1.165) is 0 Å². The molecule has 23 heavy (non-hydrogen) atoms. The molecule has 0 bridgehead atoms. The van der Waals surface area contributed by atoms with E-state index in [1.807, 2.05) is 0 Å². The molecular formula is C18H12O5. The van der Waals surface area contributed by atoms with Gasteiger partial charge < -0.3 is 14.3 Å². The van der Waals surface area contributed by atoms with Gasteiger partial charge in [-0.3, -0.25) is 9.59 Å². The summed E-state index contributed by atoms with van der Waals surface area (Å²) < 4.78 is 11.2. The highest BCUT2D eigenvalue weighted by atomic mass is 16.5. The van der Waals surface area contributed by atoms with Crippen molar-refractivity contribution in [3.05, 3.63) is 51.4 Å². The van der Waals surface area contributed by atoms with Gasteiger partial charge in [-0.15, -0.1) is 0 Å². The number of aryl methyl sites for hydroxylation is 1. The van der Waals surface area contributed by atoms with E-state index in [4.69, 9.17) is 9.15 Å². The summed E-state index contributed by atoms with van der Waals surface area (Å²) in [5, 5.41) is 11.5. The topological polar surface area (TPSA) is 76.7 Å². The van der Waals surface area contributed by atoms with E-state index >= 15 is 0 Å². The fourth-order valence-electron chi connectivity index (χ4n) is 3.13. The molecule has 2 aromatic carbocycles. The second-order valence-electron chi connectivity index (χ2n) is 5.49. The van der Waals surface area contributed by atoms with Crippen LogP contribution in [0.5, 0.6) is 11.5 Å². The van der Waals surface area contributed by atoms with Crippen LogP contribution in [0.1, 0.15) is 21.7 Å². The number of ether oxygens (including phenoxy) is 1. The quantitative estimate of drug-likeness (QED) is 0.699. The predicted octanol–water partition coefficient (Wildman–Crippen LogP) is 3.18. The highest BCUT2D eigenvalue weighted by molar-refractivity contribution is 6.21. The maximum absolute atomic E-state index is 12.2. The number of allylic oxidation sites excluding steroid dienone is 1. The Balaban J connectivity index is 2.34. The first kappa shape index (κ1) is 13.6. The smallest absolute Gasteiger partial charge is 0.196 e. The van der Waals surface area contributed by atoms with Crippen molar-refractivity contribution in [1.82, 2.24) is 0 Å². The van der Waals surface area contributed by atoms with Crippen LogP contribution in [-0.2, 0) is 0 Å². The van der Waals surface area contributed by atoms with Gasteiger partial charge in [0.2, 0.25) is 0 Å². The average molecular weight is 308 g/mol. The zero-order valence-corrected chi connectivity index (χ0v) is 12.5. The fourth-order valence-corrected chi connectivity index (χ4v) is 3.13. The van der Waals surface area contributed by atoms with Gasteiger partial charge in [-0.25, -0.2) is 0 Å². The first-order valence-corrected chi connectivity index (χ1v) is 7.05. The number of hydrogen-bond donors (Lipinski definition) is 1. The van der Waals surface area contributed by atoms with Crippen LogP contribution in [0.15, 0.2) is 33.5 Å². The van der Waals surface area contributed by atoms with Gasteiger partial charge in [0.1, 0.15) is 22.6 Å². The minimum Gasteiger partial charge on any atom is -0.507 e. The Morgan fingerprint density at radius 2 is 1.87 bits per heavy atom. The van der Waals surface area contributed by atoms with Crippen molar-refractivity contribution >= 4 is 33.6 Å². The third-order valence-corrected chi connectivity index (χ3v) is 4.05. The first-order valence-electron chi connectivity index (χ1n) is 7.05. The van der Waals surface area contributed by atoms with Crippen LogP contribution in [0, 0.1) is 6.92 Å². The molecule has 0 unspecified atom stereocenters. The Morgan fingerprint density at radius 3 is 2.61 bits per heavy atom. The van der Waals surface area contributed by atoms with Crippen LogP contribution in [0.3, 0.4) is 0 Å². The number of benzene rings is 2. The van der Waals surface area contributed by atoms with E-state index in [0.29, 0.717) is 33.4 Å². The lowest BCUT2D eigenvalue weighted by Gasteiger charge is -2.13. The Bertz CT molecular complexity index is 1100. The van der Waals surface area contributed by atoms with Crippen LogP contribution < -0.4 is 10.2 Å². The van der Waals surface area contributed by atoms with Gasteiger partial charge in [0.05, 0.1) is 18.1 Å². The van der Waals surface area contributed by atoms with E-state index < -0.39 is 0 Å². The summed E-state index contributed by atoms with van der Waals surface area (Å²) in [6.07, 6.45) is 3.17. The van der Waals surface area contributed by atoms with Crippen molar-refractivity contribution in [2.75, 3.05) is 7.11 Å². The zero-order valence-electron chi connectivity index (χ0n) is 12.5. The van der Waals surface area contributed by atoms with Crippen molar-refractivity contribution in [1.29, 1.82) is 0 Å². The maximum atomic E-state index is 12.2. The summed E-state index contributed by atoms with van der Waals surface area (Å²) in [7, 11) is 1.47. The number of carbonyl (C=O) groups is 1. The van der Waals surface area contributed by atoms with Gasteiger partial charge in [-0.1, -0.05) is 6.08 Å². The molecule has 0 aliphatic heterocycles. The second-order valence-corrected chi connectivity index (χ2v) is 5.49. The van der Waals surface area contributed by atoms with Crippen LogP contribution in [0.25, 0.3) is 27.8 Å². The molecule has 1 aliphatic rings. The Kier molecular flexibility index (Phi) is 2.63. The third-order valence-electron chi connectivity index (χ3n) is 4.05. The lowest BCUT2D eigenvalue weighted by molar-refractivity contribution is 0.104. The fraction of sp³-hybridized carbons (Fsp3) is 0.111. The molecule has 0 spiro atoms. The molecule has 4 rings (SSSR count).